The molecular weight excluding hydrogens is 494 g/mol. The summed E-state index contributed by atoms with van der Waals surface area (Å²) in [6, 6.07) is 27.7. The standard InChI is InChI=1S/C32H33NO4S/c34-23-30(35)12-5-2-8-19-37-31-13-7-6-11-28(31)22-33(21-25-9-3-1-4-10-25)32(36)27-16-14-26(15-17-27)29-18-20-38-24-29/h1,3-4,6-7,9-11,13-18,20,24,34H,2,5,8,12,19,21-23H2. The lowest BCUT2D eigenvalue weighted by Crippen LogP contribution is -2.30. The van der Waals surface area contributed by atoms with E-state index in [1.54, 1.807) is 11.3 Å². The Kier molecular flexibility index (Phi) is 10.2. The molecule has 1 heterocycles. The predicted octanol–water partition coefficient (Wildman–Crippen LogP) is 6.76. The van der Waals surface area contributed by atoms with Crippen LogP contribution in [0, 0.1) is 0 Å². The minimum Gasteiger partial charge on any atom is -0.493 e. The molecule has 0 unspecified atom stereocenters. The predicted molar refractivity (Wildman–Crippen MR) is 152 cm³/mol. The number of unbranched alkanes of at least 4 members (excludes halogenated alkanes) is 2. The molecule has 3 aromatic carbocycles. The number of nitrogens with zero attached hydrogens (tertiary/aromatic N) is 1. The molecule has 4 rings (SSSR count). The molecule has 0 fully saturated rings. The molecule has 1 aromatic heterocycles. The third kappa shape index (κ3) is 7.88. The number of para-hydroxylation sites is 1. The maximum absolute atomic E-state index is 13.7. The number of amides is 1. The number of carbonyl (C=O) groups excluding carboxylic acids is 2. The zero-order chi connectivity index (χ0) is 26.6. The van der Waals surface area contributed by atoms with E-state index in [1.165, 1.54) is 0 Å². The van der Waals surface area contributed by atoms with Crippen molar-refractivity contribution in [1.29, 1.82) is 0 Å². The molecule has 0 aliphatic carbocycles. The van der Waals surface area contributed by atoms with Crippen LogP contribution in [0.2, 0.25) is 0 Å². The van der Waals surface area contributed by atoms with Crippen LogP contribution in [-0.2, 0) is 17.9 Å². The highest BCUT2D eigenvalue weighted by Gasteiger charge is 2.19. The number of rotatable bonds is 14. The fourth-order valence-electron chi connectivity index (χ4n) is 4.26. The van der Waals surface area contributed by atoms with Crippen molar-refractivity contribution < 1.29 is 19.4 Å². The van der Waals surface area contributed by atoms with Crippen LogP contribution in [0.4, 0.5) is 0 Å². The smallest absolute Gasteiger partial charge is 0.254 e. The molecule has 0 bridgehead atoms. The number of aliphatic hydroxyl groups is 1. The summed E-state index contributed by atoms with van der Waals surface area (Å²) < 4.78 is 6.09. The highest BCUT2D eigenvalue weighted by molar-refractivity contribution is 7.08. The molecule has 0 spiro atoms. The first-order valence-corrected chi connectivity index (χ1v) is 13.9. The summed E-state index contributed by atoms with van der Waals surface area (Å²) in [6.07, 6.45) is 2.82. The number of aliphatic hydroxyl groups excluding tert-OH is 1. The lowest BCUT2D eigenvalue weighted by molar-refractivity contribution is -0.121. The number of hydrogen-bond donors (Lipinski definition) is 1. The van der Waals surface area contributed by atoms with Crippen LogP contribution in [0.3, 0.4) is 0 Å². The SMILES string of the molecule is O=C(CO)CCCCCOc1ccccc1CN(Cc1ccccc1)C(=O)c1ccc(-c2ccsc2)cc1. The van der Waals surface area contributed by atoms with Gasteiger partial charge >= 0.3 is 0 Å². The molecule has 0 saturated carbocycles. The van der Waals surface area contributed by atoms with E-state index in [0.717, 1.165) is 47.3 Å². The molecule has 4 aromatic rings. The summed E-state index contributed by atoms with van der Waals surface area (Å²) >= 11 is 1.66. The highest BCUT2D eigenvalue weighted by atomic mass is 32.1. The molecule has 1 N–H and O–H groups in total. The van der Waals surface area contributed by atoms with Crippen molar-refractivity contribution >= 4 is 23.0 Å². The summed E-state index contributed by atoms with van der Waals surface area (Å²) in [7, 11) is 0. The van der Waals surface area contributed by atoms with Crippen molar-refractivity contribution in [2.75, 3.05) is 13.2 Å². The first-order chi connectivity index (χ1) is 18.6. The van der Waals surface area contributed by atoms with E-state index in [0.29, 0.717) is 31.7 Å². The second-order valence-corrected chi connectivity index (χ2v) is 9.98. The Morgan fingerprint density at radius 3 is 2.29 bits per heavy atom. The van der Waals surface area contributed by atoms with Crippen LogP contribution < -0.4 is 4.74 Å². The molecule has 1 amide bonds. The Hall–Kier alpha value is -3.74. The molecule has 6 heteroatoms. The quantitative estimate of drug-likeness (QED) is 0.184. The minimum absolute atomic E-state index is 0.0333. The molecule has 0 radical (unpaired) electrons. The van der Waals surface area contributed by atoms with E-state index in [2.05, 4.69) is 11.4 Å². The summed E-state index contributed by atoms with van der Waals surface area (Å²) in [6.45, 7) is 1.04. The Bertz CT molecular complexity index is 1290. The molecule has 38 heavy (non-hydrogen) atoms. The number of thiophene rings is 1. The van der Waals surface area contributed by atoms with Crippen LogP contribution in [0.5, 0.6) is 5.75 Å². The lowest BCUT2D eigenvalue weighted by atomic mass is 10.1. The van der Waals surface area contributed by atoms with Gasteiger partial charge in [0.15, 0.2) is 5.78 Å². The summed E-state index contributed by atoms with van der Waals surface area (Å²) in [5, 5.41) is 13.0. The summed E-state index contributed by atoms with van der Waals surface area (Å²) in [4.78, 5) is 26.8. The van der Waals surface area contributed by atoms with E-state index in [4.69, 9.17) is 9.84 Å². The normalized spacial score (nSPS) is 10.8. The van der Waals surface area contributed by atoms with E-state index in [9.17, 15) is 9.59 Å². The van der Waals surface area contributed by atoms with E-state index >= 15 is 0 Å². The third-order valence-electron chi connectivity index (χ3n) is 6.36. The lowest BCUT2D eigenvalue weighted by Gasteiger charge is -2.24. The molecule has 0 saturated heterocycles. The van der Waals surface area contributed by atoms with Crippen molar-refractivity contribution in [2.45, 2.75) is 38.8 Å². The van der Waals surface area contributed by atoms with Gasteiger partial charge in [-0.1, -0.05) is 60.7 Å². The van der Waals surface area contributed by atoms with Gasteiger partial charge in [0.1, 0.15) is 12.4 Å². The number of ketones is 1. The zero-order valence-corrected chi connectivity index (χ0v) is 22.2. The number of benzene rings is 3. The first-order valence-electron chi connectivity index (χ1n) is 12.9. The Morgan fingerprint density at radius 1 is 0.789 bits per heavy atom. The van der Waals surface area contributed by atoms with Gasteiger partial charge < -0.3 is 14.7 Å². The largest absolute Gasteiger partial charge is 0.493 e. The van der Waals surface area contributed by atoms with Crippen molar-refractivity contribution in [1.82, 2.24) is 4.90 Å². The van der Waals surface area contributed by atoms with Gasteiger partial charge in [0.25, 0.3) is 5.91 Å². The fraction of sp³-hybridized carbons (Fsp3) is 0.250. The number of hydrogen-bond acceptors (Lipinski definition) is 5. The first kappa shape index (κ1) is 27.3. The van der Waals surface area contributed by atoms with Crippen LogP contribution in [0.1, 0.15) is 47.2 Å². The van der Waals surface area contributed by atoms with E-state index in [1.807, 2.05) is 89.1 Å². The van der Waals surface area contributed by atoms with Gasteiger partial charge in [-0.05, 0) is 71.0 Å². The molecule has 0 atom stereocenters. The average Bonchev–Trinajstić information content (AvgIpc) is 3.50. The van der Waals surface area contributed by atoms with E-state index < -0.39 is 0 Å². The molecule has 0 aliphatic rings. The monoisotopic (exact) mass is 527 g/mol. The zero-order valence-electron chi connectivity index (χ0n) is 21.4. The summed E-state index contributed by atoms with van der Waals surface area (Å²) in [5.74, 6) is 0.604. The molecule has 0 aliphatic heterocycles. The number of carbonyl (C=O) groups is 2. The second kappa shape index (κ2) is 14.3. The maximum Gasteiger partial charge on any atom is 0.254 e. The third-order valence-corrected chi connectivity index (χ3v) is 7.04. The van der Waals surface area contributed by atoms with Gasteiger partial charge in [0, 0.05) is 30.6 Å². The van der Waals surface area contributed by atoms with Gasteiger partial charge in [-0.15, -0.1) is 0 Å². The van der Waals surface area contributed by atoms with Gasteiger partial charge in [0.05, 0.1) is 6.61 Å². The number of ether oxygens (including phenoxy) is 1. The van der Waals surface area contributed by atoms with E-state index in [-0.39, 0.29) is 18.3 Å². The van der Waals surface area contributed by atoms with Crippen LogP contribution >= 0.6 is 11.3 Å². The van der Waals surface area contributed by atoms with Gasteiger partial charge in [-0.25, -0.2) is 0 Å². The summed E-state index contributed by atoms with van der Waals surface area (Å²) in [5.41, 5.74) is 4.91. The van der Waals surface area contributed by atoms with Crippen LogP contribution in [-0.4, -0.2) is 34.9 Å². The maximum atomic E-state index is 13.7. The molecule has 196 valence electrons. The molecule has 5 nitrogen and oxygen atoms in total. The Morgan fingerprint density at radius 2 is 1.55 bits per heavy atom. The van der Waals surface area contributed by atoms with Crippen molar-refractivity contribution in [3.63, 3.8) is 0 Å². The van der Waals surface area contributed by atoms with Crippen molar-refractivity contribution in [2.24, 2.45) is 0 Å². The van der Waals surface area contributed by atoms with Gasteiger partial charge in [-0.3, -0.25) is 9.59 Å². The van der Waals surface area contributed by atoms with Gasteiger partial charge in [0.2, 0.25) is 0 Å². The average molecular weight is 528 g/mol. The fourth-order valence-corrected chi connectivity index (χ4v) is 4.93. The Balaban J connectivity index is 1.46. The topological polar surface area (TPSA) is 66.8 Å². The Labute approximate surface area is 228 Å². The van der Waals surface area contributed by atoms with Gasteiger partial charge in [-0.2, -0.15) is 11.3 Å². The second-order valence-electron chi connectivity index (χ2n) is 9.20. The molecular formula is C32H33NO4S. The highest BCUT2D eigenvalue weighted by Crippen LogP contribution is 2.25. The minimum atomic E-state index is -0.388. The van der Waals surface area contributed by atoms with Crippen LogP contribution in [0.25, 0.3) is 11.1 Å². The van der Waals surface area contributed by atoms with Crippen molar-refractivity contribution in [3.05, 3.63) is 112 Å². The number of Topliss-reactive ketones (excluding diaryl/α,β-unsaturated/α-hetero) is 1. The van der Waals surface area contributed by atoms with Crippen LogP contribution in [0.15, 0.2) is 95.7 Å². The van der Waals surface area contributed by atoms with Crippen molar-refractivity contribution in [3.8, 4) is 16.9 Å².